The van der Waals surface area contributed by atoms with Gasteiger partial charge >= 0.3 is 0 Å². The molecule has 148 valence electrons. The second-order valence-corrected chi connectivity index (χ2v) is 8.39. The third-order valence-corrected chi connectivity index (χ3v) is 5.96. The van der Waals surface area contributed by atoms with Gasteiger partial charge in [0.25, 0.3) is 0 Å². The van der Waals surface area contributed by atoms with Gasteiger partial charge in [0.1, 0.15) is 5.71 Å². The first-order valence-corrected chi connectivity index (χ1v) is 10.2. The number of benzene rings is 1. The van der Waals surface area contributed by atoms with Crippen LogP contribution in [0.4, 0.5) is 5.69 Å². The number of carbonyl (C=O) groups excluding carboxylic acids is 1. The number of ketones is 1. The number of fused-ring (bicyclic) bond motifs is 2. The van der Waals surface area contributed by atoms with Crippen LogP contribution in [0.25, 0.3) is 12.2 Å². The summed E-state index contributed by atoms with van der Waals surface area (Å²) < 4.78 is 0. The molecule has 0 bridgehead atoms. The van der Waals surface area contributed by atoms with E-state index in [0.717, 1.165) is 29.2 Å². The van der Waals surface area contributed by atoms with Gasteiger partial charge in [-0.3, -0.25) is 14.8 Å². The smallest absolute Gasteiger partial charge is 0.204 e. The van der Waals surface area contributed by atoms with E-state index in [1.165, 1.54) is 22.4 Å². The van der Waals surface area contributed by atoms with Crippen LogP contribution in [-0.2, 0) is 10.2 Å². The molecule has 1 aliphatic heterocycles. The first-order valence-electron chi connectivity index (χ1n) is 10.2. The molecular weight excluding hydrogens is 358 g/mol. The van der Waals surface area contributed by atoms with Crippen molar-refractivity contribution in [3.8, 4) is 0 Å². The van der Waals surface area contributed by atoms with E-state index in [9.17, 15) is 4.79 Å². The van der Waals surface area contributed by atoms with E-state index in [2.05, 4.69) is 61.6 Å². The number of Topliss-reactive ketones (excluding diaryl/α,β-unsaturated/α-hetero) is 1. The Kier molecular flexibility index (Phi) is 4.73. The van der Waals surface area contributed by atoms with Gasteiger partial charge in [-0.2, -0.15) is 0 Å². The second-order valence-electron chi connectivity index (χ2n) is 8.39. The van der Waals surface area contributed by atoms with Crippen molar-refractivity contribution >= 4 is 29.3 Å². The molecule has 29 heavy (non-hydrogen) atoms. The number of hydrogen-bond acceptors (Lipinski definition) is 4. The summed E-state index contributed by atoms with van der Waals surface area (Å²) in [7, 11) is 0. The summed E-state index contributed by atoms with van der Waals surface area (Å²) in [5, 5.41) is 1.63. The lowest BCUT2D eigenvalue weighted by atomic mass is 9.83. The number of anilines is 1. The van der Waals surface area contributed by atoms with Crippen molar-refractivity contribution in [3.63, 3.8) is 0 Å². The molecule has 0 radical (unpaired) electrons. The molecule has 0 saturated heterocycles. The molecule has 0 amide bonds. The standard InChI is InChI=1S/C25H27N3O/c1-6-10-28-22-12-17(3)16(2)11-19(22)25(4,5)24(28)15-27-21-14-20-18(13-23(21)29)8-7-9-26-20/h7-9,11-15H,6,10H2,1-5H3/b24-15-,27-21?. The molecule has 1 aromatic carbocycles. The zero-order chi connectivity index (χ0) is 20.8. The van der Waals surface area contributed by atoms with E-state index in [4.69, 9.17) is 0 Å². The molecule has 1 aliphatic carbocycles. The zero-order valence-corrected chi connectivity index (χ0v) is 17.8. The highest BCUT2D eigenvalue weighted by molar-refractivity contribution is 6.59. The normalized spacial score (nSPS) is 19.8. The van der Waals surface area contributed by atoms with Gasteiger partial charge in [0.05, 0.1) is 5.35 Å². The van der Waals surface area contributed by atoms with E-state index >= 15 is 0 Å². The second kappa shape index (κ2) is 7.11. The van der Waals surface area contributed by atoms with Crippen LogP contribution in [0.3, 0.4) is 0 Å². The van der Waals surface area contributed by atoms with E-state index in [-0.39, 0.29) is 11.2 Å². The van der Waals surface area contributed by atoms with Gasteiger partial charge in [-0.15, -0.1) is 0 Å². The number of allylic oxidation sites excluding steroid dienone is 1. The molecule has 0 spiro atoms. The Morgan fingerprint density at radius 3 is 2.69 bits per heavy atom. The number of aliphatic imine (C=N–C) groups is 1. The first kappa shape index (κ1) is 19.3. The van der Waals surface area contributed by atoms with Gasteiger partial charge in [0.2, 0.25) is 5.78 Å². The first-order chi connectivity index (χ1) is 13.8. The Balaban J connectivity index is 1.83. The van der Waals surface area contributed by atoms with Gasteiger partial charge in [0.15, 0.2) is 0 Å². The predicted molar refractivity (Wildman–Crippen MR) is 120 cm³/mol. The lowest BCUT2D eigenvalue weighted by molar-refractivity contribution is -0.107. The molecule has 2 heterocycles. The molecule has 4 nitrogen and oxygen atoms in total. The molecule has 0 fully saturated rings. The minimum Gasteiger partial charge on any atom is -0.343 e. The van der Waals surface area contributed by atoms with Crippen molar-refractivity contribution in [1.82, 2.24) is 4.98 Å². The number of hydrogen-bond donors (Lipinski definition) is 0. The summed E-state index contributed by atoms with van der Waals surface area (Å²) in [6.07, 6.45) is 8.05. The van der Waals surface area contributed by atoms with Crippen LogP contribution < -0.4 is 15.5 Å². The average molecular weight is 386 g/mol. The summed E-state index contributed by atoms with van der Waals surface area (Å²) in [6.45, 7) is 11.9. The van der Waals surface area contributed by atoms with Gasteiger partial charge in [-0.25, -0.2) is 0 Å². The van der Waals surface area contributed by atoms with Gasteiger partial charge < -0.3 is 4.90 Å². The van der Waals surface area contributed by atoms with Crippen molar-refractivity contribution in [2.75, 3.05) is 11.4 Å². The lowest BCUT2D eigenvalue weighted by Gasteiger charge is -2.26. The third kappa shape index (κ3) is 3.23. The molecule has 0 atom stereocenters. The number of rotatable bonds is 3. The Bertz CT molecular complexity index is 1190. The van der Waals surface area contributed by atoms with Crippen LogP contribution in [0.5, 0.6) is 0 Å². The van der Waals surface area contributed by atoms with Crippen LogP contribution in [-0.4, -0.2) is 23.0 Å². The van der Waals surface area contributed by atoms with Gasteiger partial charge in [-0.05, 0) is 61.2 Å². The average Bonchev–Trinajstić information content (AvgIpc) is 2.87. The molecule has 0 unspecified atom stereocenters. The fraction of sp³-hybridized carbons (Fsp3) is 0.320. The molecule has 4 heteroatoms. The number of aromatic nitrogens is 1. The quantitative estimate of drug-likeness (QED) is 0.814. The van der Waals surface area contributed by atoms with Crippen molar-refractivity contribution in [1.29, 1.82) is 0 Å². The van der Waals surface area contributed by atoms with Crippen LogP contribution in [0.2, 0.25) is 0 Å². The molecule has 1 aromatic heterocycles. The Hall–Kier alpha value is -3.01. The summed E-state index contributed by atoms with van der Waals surface area (Å²) in [5.74, 6) is -0.0793. The minimum atomic E-state index is -0.176. The minimum absolute atomic E-state index is 0.0793. The lowest BCUT2D eigenvalue weighted by Crippen LogP contribution is -2.35. The van der Waals surface area contributed by atoms with Crippen LogP contribution in [0.1, 0.15) is 43.9 Å². The number of carbonyl (C=O) groups is 1. The highest BCUT2D eigenvalue weighted by Gasteiger charge is 2.40. The van der Waals surface area contributed by atoms with Crippen LogP contribution in [0.15, 0.2) is 47.4 Å². The monoisotopic (exact) mass is 385 g/mol. The van der Waals surface area contributed by atoms with E-state index in [0.29, 0.717) is 5.71 Å². The summed E-state index contributed by atoms with van der Waals surface area (Å²) in [5.41, 5.74) is 6.54. The summed E-state index contributed by atoms with van der Waals surface area (Å²) in [4.78, 5) is 23.9. The van der Waals surface area contributed by atoms with Gasteiger partial charge in [-0.1, -0.05) is 32.9 Å². The van der Waals surface area contributed by atoms with Gasteiger partial charge in [0, 0.05) is 41.0 Å². The van der Waals surface area contributed by atoms with Crippen molar-refractivity contribution in [2.24, 2.45) is 4.99 Å². The zero-order valence-electron chi connectivity index (χ0n) is 17.8. The Labute approximate surface area is 172 Å². The maximum absolute atomic E-state index is 12.5. The molecule has 0 saturated carbocycles. The summed E-state index contributed by atoms with van der Waals surface area (Å²) >= 11 is 0. The fourth-order valence-electron chi connectivity index (χ4n) is 4.15. The topological polar surface area (TPSA) is 45.6 Å². The van der Waals surface area contributed by atoms with Crippen molar-refractivity contribution in [3.05, 3.63) is 69.6 Å². The molecule has 0 N–H and O–H groups in total. The molecule has 4 rings (SSSR count). The molecule has 2 aromatic rings. The fourth-order valence-corrected chi connectivity index (χ4v) is 4.15. The molecule has 2 aliphatic rings. The van der Waals surface area contributed by atoms with E-state index in [1.807, 2.05) is 18.3 Å². The number of pyridine rings is 1. The Morgan fingerprint density at radius 1 is 1.17 bits per heavy atom. The maximum Gasteiger partial charge on any atom is 0.204 e. The third-order valence-electron chi connectivity index (χ3n) is 5.96. The van der Waals surface area contributed by atoms with Crippen LogP contribution in [0, 0.1) is 13.8 Å². The van der Waals surface area contributed by atoms with Crippen LogP contribution >= 0.6 is 0 Å². The van der Waals surface area contributed by atoms with E-state index in [1.54, 1.807) is 18.3 Å². The van der Waals surface area contributed by atoms with E-state index < -0.39 is 0 Å². The largest absolute Gasteiger partial charge is 0.343 e. The number of aryl methyl sites for hydroxylation is 2. The van der Waals surface area contributed by atoms with Crippen molar-refractivity contribution in [2.45, 2.75) is 46.5 Å². The SMILES string of the molecule is CCCN1/C(=C\N=C2C=c3ncccc3=CC2=O)C(C)(C)c2cc(C)c(C)cc21. The summed E-state index contributed by atoms with van der Waals surface area (Å²) in [6, 6.07) is 8.32. The predicted octanol–water partition coefficient (Wildman–Crippen LogP) is 3.33. The number of nitrogens with zero attached hydrogens (tertiary/aromatic N) is 3. The highest BCUT2D eigenvalue weighted by atomic mass is 16.1. The maximum atomic E-state index is 12.5. The Morgan fingerprint density at radius 2 is 1.93 bits per heavy atom. The highest BCUT2D eigenvalue weighted by Crippen LogP contribution is 2.48. The molecular formula is C25H27N3O. The van der Waals surface area contributed by atoms with Crippen molar-refractivity contribution < 1.29 is 4.79 Å².